The first-order valence-electron chi connectivity index (χ1n) is 3.25. The van der Waals surface area contributed by atoms with Crippen LogP contribution >= 0.6 is 17.0 Å². The summed E-state index contributed by atoms with van der Waals surface area (Å²) in [5, 5.41) is 9.20. The summed E-state index contributed by atoms with van der Waals surface area (Å²) in [6.07, 6.45) is 0. The minimum atomic E-state index is -0.0961. The molecular formula is C8H12BrNO. The van der Waals surface area contributed by atoms with E-state index in [4.69, 9.17) is 5.73 Å². The van der Waals surface area contributed by atoms with Gasteiger partial charge in [0.05, 0.1) is 0 Å². The Morgan fingerprint density at radius 3 is 2.27 bits per heavy atom. The van der Waals surface area contributed by atoms with Crippen LogP contribution in [-0.2, 0) is 0 Å². The lowest BCUT2D eigenvalue weighted by Crippen LogP contribution is -2.04. The van der Waals surface area contributed by atoms with Crippen LogP contribution < -0.4 is 5.73 Å². The Labute approximate surface area is 76.8 Å². The Kier molecular flexibility index (Phi) is 4.15. The van der Waals surface area contributed by atoms with Crippen LogP contribution in [0.2, 0.25) is 0 Å². The van der Waals surface area contributed by atoms with E-state index in [2.05, 4.69) is 0 Å². The molecule has 0 unspecified atom stereocenters. The number of phenols is 1. The molecule has 0 aliphatic carbocycles. The highest BCUT2D eigenvalue weighted by Crippen LogP contribution is 2.20. The van der Waals surface area contributed by atoms with Crippen LogP contribution in [0, 0.1) is 0 Å². The molecule has 62 valence electrons. The largest absolute Gasteiger partial charge is 0.508 e. The summed E-state index contributed by atoms with van der Waals surface area (Å²) in [5.74, 6) is 0.275. The SMILES string of the molecule is Br.C[C@@H](N)c1ccccc1O. The van der Waals surface area contributed by atoms with Crippen LogP contribution in [0.1, 0.15) is 18.5 Å². The molecule has 0 heterocycles. The quantitative estimate of drug-likeness (QED) is 0.757. The van der Waals surface area contributed by atoms with Gasteiger partial charge in [0, 0.05) is 11.6 Å². The molecule has 0 aliphatic heterocycles. The zero-order valence-electron chi connectivity index (χ0n) is 6.32. The smallest absolute Gasteiger partial charge is 0.120 e. The van der Waals surface area contributed by atoms with Crippen LogP contribution in [-0.4, -0.2) is 5.11 Å². The summed E-state index contributed by atoms with van der Waals surface area (Å²) in [6, 6.07) is 7.00. The molecule has 1 aromatic rings. The summed E-state index contributed by atoms with van der Waals surface area (Å²) in [5.41, 5.74) is 6.35. The van der Waals surface area contributed by atoms with Gasteiger partial charge < -0.3 is 10.8 Å². The van der Waals surface area contributed by atoms with Crippen LogP contribution in [0.25, 0.3) is 0 Å². The lowest BCUT2D eigenvalue weighted by Gasteiger charge is -2.06. The molecule has 11 heavy (non-hydrogen) atoms. The fraction of sp³-hybridized carbons (Fsp3) is 0.250. The van der Waals surface area contributed by atoms with E-state index in [0.29, 0.717) is 0 Å². The number of para-hydroxylation sites is 1. The van der Waals surface area contributed by atoms with Gasteiger partial charge in [-0.15, -0.1) is 17.0 Å². The molecule has 0 spiro atoms. The minimum Gasteiger partial charge on any atom is -0.508 e. The normalized spacial score (nSPS) is 11.8. The van der Waals surface area contributed by atoms with Crippen LogP contribution in [0.4, 0.5) is 0 Å². The molecule has 3 heteroatoms. The van der Waals surface area contributed by atoms with Crippen molar-refractivity contribution >= 4 is 17.0 Å². The standard InChI is InChI=1S/C8H11NO.BrH/c1-6(9)7-4-2-3-5-8(7)10;/h2-6,10H,9H2,1H3;1H/t6-;/m1./s1. The van der Waals surface area contributed by atoms with E-state index in [1.807, 2.05) is 19.1 Å². The highest BCUT2D eigenvalue weighted by atomic mass is 79.9. The monoisotopic (exact) mass is 217 g/mol. The first-order chi connectivity index (χ1) is 4.72. The number of rotatable bonds is 1. The molecule has 1 atom stereocenters. The molecule has 0 radical (unpaired) electrons. The molecule has 0 saturated heterocycles. The Hall–Kier alpha value is -0.540. The van der Waals surface area contributed by atoms with Gasteiger partial charge in [-0.1, -0.05) is 18.2 Å². The van der Waals surface area contributed by atoms with E-state index in [-0.39, 0.29) is 28.8 Å². The Bertz CT molecular complexity index is 225. The van der Waals surface area contributed by atoms with Crippen molar-refractivity contribution in [2.24, 2.45) is 5.73 Å². The molecule has 3 N–H and O–H groups in total. The first kappa shape index (κ1) is 10.5. The third kappa shape index (κ3) is 2.52. The van der Waals surface area contributed by atoms with Crippen LogP contribution in [0.5, 0.6) is 5.75 Å². The maximum atomic E-state index is 9.20. The Morgan fingerprint density at radius 1 is 1.36 bits per heavy atom. The first-order valence-corrected chi connectivity index (χ1v) is 3.25. The van der Waals surface area contributed by atoms with Crippen LogP contribution in [0.15, 0.2) is 24.3 Å². The van der Waals surface area contributed by atoms with Crippen molar-refractivity contribution in [3.05, 3.63) is 29.8 Å². The number of phenolic OH excluding ortho intramolecular Hbond substituents is 1. The average Bonchev–Trinajstić information content (AvgIpc) is 1.88. The lowest BCUT2D eigenvalue weighted by atomic mass is 10.1. The van der Waals surface area contributed by atoms with Gasteiger partial charge >= 0.3 is 0 Å². The second-order valence-corrected chi connectivity index (χ2v) is 2.35. The van der Waals surface area contributed by atoms with Crippen molar-refractivity contribution in [1.29, 1.82) is 0 Å². The molecule has 2 nitrogen and oxygen atoms in total. The molecule has 0 aromatic heterocycles. The summed E-state index contributed by atoms with van der Waals surface area (Å²) in [6.45, 7) is 1.84. The number of benzene rings is 1. The van der Waals surface area contributed by atoms with E-state index in [0.717, 1.165) is 5.56 Å². The van der Waals surface area contributed by atoms with Gasteiger partial charge in [-0.3, -0.25) is 0 Å². The molecule has 1 aromatic carbocycles. The highest BCUT2D eigenvalue weighted by molar-refractivity contribution is 8.93. The van der Waals surface area contributed by atoms with E-state index >= 15 is 0 Å². The third-order valence-electron chi connectivity index (χ3n) is 1.43. The zero-order chi connectivity index (χ0) is 7.56. The molecule has 1 rings (SSSR count). The molecule has 0 fully saturated rings. The van der Waals surface area contributed by atoms with Gasteiger partial charge in [-0.05, 0) is 13.0 Å². The zero-order valence-corrected chi connectivity index (χ0v) is 8.03. The van der Waals surface area contributed by atoms with Crippen molar-refractivity contribution < 1.29 is 5.11 Å². The van der Waals surface area contributed by atoms with Crippen molar-refractivity contribution in [2.75, 3.05) is 0 Å². The predicted octanol–water partition coefficient (Wildman–Crippen LogP) is 1.99. The van der Waals surface area contributed by atoms with Crippen molar-refractivity contribution in [3.8, 4) is 5.75 Å². The third-order valence-corrected chi connectivity index (χ3v) is 1.43. The van der Waals surface area contributed by atoms with Crippen molar-refractivity contribution in [3.63, 3.8) is 0 Å². The van der Waals surface area contributed by atoms with E-state index in [1.54, 1.807) is 12.1 Å². The number of halogens is 1. The second-order valence-electron chi connectivity index (χ2n) is 2.35. The number of nitrogens with two attached hydrogens (primary N) is 1. The predicted molar refractivity (Wildman–Crippen MR) is 51.0 cm³/mol. The molecule has 0 bridgehead atoms. The number of hydrogen-bond donors (Lipinski definition) is 2. The van der Waals surface area contributed by atoms with Gasteiger partial charge in [0.25, 0.3) is 0 Å². The van der Waals surface area contributed by atoms with Gasteiger partial charge in [0.15, 0.2) is 0 Å². The highest BCUT2D eigenvalue weighted by Gasteiger charge is 2.02. The van der Waals surface area contributed by atoms with Crippen LogP contribution in [0.3, 0.4) is 0 Å². The number of aromatic hydroxyl groups is 1. The van der Waals surface area contributed by atoms with Gasteiger partial charge in [0.1, 0.15) is 5.75 Å². The fourth-order valence-corrected chi connectivity index (χ4v) is 0.873. The van der Waals surface area contributed by atoms with E-state index in [1.165, 1.54) is 0 Å². The topological polar surface area (TPSA) is 46.2 Å². The Balaban J connectivity index is 0.000001000. The summed E-state index contributed by atoms with van der Waals surface area (Å²) >= 11 is 0. The van der Waals surface area contributed by atoms with Gasteiger partial charge in [-0.25, -0.2) is 0 Å². The van der Waals surface area contributed by atoms with Gasteiger partial charge in [-0.2, -0.15) is 0 Å². The fourth-order valence-electron chi connectivity index (χ4n) is 0.873. The molecule has 0 aliphatic rings. The maximum absolute atomic E-state index is 9.20. The molecule has 0 amide bonds. The average molecular weight is 218 g/mol. The number of hydrogen-bond acceptors (Lipinski definition) is 2. The summed E-state index contributed by atoms with van der Waals surface area (Å²) < 4.78 is 0. The van der Waals surface area contributed by atoms with E-state index in [9.17, 15) is 5.11 Å². The summed E-state index contributed by atoms with van der Waals surface area (Å²) in [7, 11) is 0. The summed E-state index contributed by atoms with van der Waals surface area (Å²) in [4.78, 5) is 0. The lowest BCUT2D eigenvalue weighted by molar-refractivity contribution is 0.464. The molecular weight excluding hydrogens is 206 g/mol. The minimum absolute atomic E-state index is 0. The van der Waals surface area contributed by atoms with E-state index < -0.39 is 0 Å². The second kappa shape index (κ2) is 4.36. The molecule has 0 saturated carbocycles. The van der Waals surface area contributed by atoms with Crippen molar-refractivity contribution in [1.82, 2.24) is 0 Å². The maximum Gasteiger partial charge on any atom is 0.120 e. The Morgan fingerprint density at radius 2 is 1.91 bits per heavy atom. The van der Waals surface area contributed by atoms with Crippen molar-refractivity contribution in [2.45, 2.75) is 13.0 Å². The van der Waals surface area contributed by atoms with Gasteiger partial charge in [0.2, 0.25) is 0 Å².